The van der Waals surface area contributed by atoms with E-state index in [1.807, 2.05) is 48.5 Å². The molecule has 0 aliphatic carbocycles. The first-order chi connectivity index (χ1) is 11.6. The maximum atomic E-state index is 12.1. The van der Waals surface area contributed by atoms with Crippen LogP contribution in [0.4, 0.5) is 0 Å². The predicted octanol–water partition coefficient (Wildman–Crippen LogP) is 2.73. The quantitative estimate of drug-likeness (QED) is 0.736. The average Bonchev–Trinajstić information content (AvgIpc) is 2.60. The highest BCUT2D eigenvalue weighted by molar-refractivity contribution is 9.10. The van der Waals surface area contributed by atoms with Gasteiger partial charge in [0.2, 0.25) is 0 Å². The minimum Gasteiger partial charge on any atom is -0.483 e. The number of methoxy groups -OCH3 is 1. The molecule has 0 heterocycles. The van der Waals surface area contributed by atoms with E-state index >= 15 is 0 Å². The molecule has 0 saturated carbocycles. The van der Waals surface area contributed by atoms with Gasteiger partial charge in [-0.3, -0.25) is 4.79 Å². The average molecular weight is 392 g/mol. The summed E-state index contributed by atoms with van der Waals surface area (Å²) in [5.41, 5.74) is 0.930. The largest absolute Gasteiger partial charge is 0.483 e. The molecule has 6 heteroatoms. The van der Waals surface area contributed by atoms with Gasteiger partial charge in [-0.15, -0.1) is 0 Å². The zero-order valence-electron chi connectivity index (χ0n) is 13.2. The third-order valence-electron chi connectivity index (χ3n) is 3.30. The van der Waals surface area contributed by atoms with Crippen LogP contribution < -0.4 is 10.1 Å². The maximum Gasteiger partial charge on any atom is 0.328 e. The van der Waals surface area contributed by atoms with Crippen LogP contribution in [0.15, 0.2) is 59.1 Å². The van der Waals surface area contributed by atoms with E-state index in [-0.39, 0.29) is 6.61 Å². The van der Waals surface area contributed by atoms with Crippen LogP contribution in [0.25, 0.3) is 0 Å². The summed E-state index contributed by atoms with van der Waals surface area (Å²) in [6.45, 7) is -0.190. The minimum absolute atomic E-state index is 0.190. The molecule has 0 aromatic heterocycles. The van der Waals surface area contributed by atoms with Gasteiger partial charge in [-0.2, -0.15) is 0 Å². The van der Waals surface area contributed by atoms with E-state index in [0.29, 0.717) is 12.2 Å². The van der Waals surface area contributed by atoms with Gasteiger partial charge in [0.1, 0.15) is 11.8 Å². The van der Waals surface area contributed by atoms with Crippen molar-refractivity contribution >= 4 is 27.8 Å². The Morgan fingerprint density at radius 1 is 1.08 bits per heavy atom. The number of rotatable bonds is 7. The van der Waals surface area contributed by atoms with E-state index in [2.05, 4.69) is 21.2 Å². The summed E-state index contributed by atoms with van der Waals surface area (Å²) in [5, 5.41) is 2.65. The second-order valence-electron chi connectivity index (χ2n) is 5.05. The molecule has 2 rings (SSSR count). The normalized spacial score (nSPS) is 11.4. The Kier molecular flexibility index (Phi) is 6.81. The van der Waals surface area contributed by atoms with Crippen LogP contribution in [0.1, 0.15) is 5.56 Å². The third-order valence-corrected chi connectivity index (χ3v) is 3.95. The molecule has 0 unspecified atom stereocenters. The first-order valence-corrected chi connectivity index (χ1v) is 8.18. The summed E-state index contributed by atoms with van der Waals surface area (Å²) < 4.78 is 11.0. The van der Waals surface area contributed by atoms with E-state index in [0.717, 1.165) is 10.0 Å². The van der Waals surface area contributed by atoms with Crippen LogP contribution >= 0.6 is 15.9 Å². The number of carbonyl (C=O) groups is 2. The highest BCUT2D eigenvalue weighted by Gasteiger charge is 2.22. The lowest BCUT2D eigenvalue weighted by molar-refractivity contribution is -0.145. The fraction of sp³-hybridized carbons (Fsp3) is 0.222. The Labute approximate surface area is 149 Å². The molecule has 0 radical (unpaired) electrons. The number of benzene rings is 2. The maximum absolute atomic E-state index is 12.1. The molecule has 0 aliphatic heterocycles. The first-order valence-electron chi connectivity index (χ1n) is 7.38. The molecule has 1 atom stereocenters. The molecule has 1 N–H and O–H groups in total. The van der Waals surface area contributed by atoms with E-state index in [9.17, 15) is 9.59 Å². The molecule has 0 saturated heterocycles. The number of amides is 1. The number of ether oxygens (including phenoxy) is 2. The molecule has 5 nitrogen and oxygen atoms in total. The number of esters is 1. The number of para-hydroxylation sites is 1. The van der Waals surface area contributed by atoms with Crippen molar-refractivity contribution in [3.63, 3.8) is 0 Å². The monoisotopic (exact) mass is 391 g/mol. The molecule has 0 spiro atoms. The van der Waals surface area contributed by atoms with Crippen molar-refractivity contribution in [3.05, 3.63) is 64.6 Å². The molecule has 2 aromatic rings. The molecule has 0 bridgehead atoms. The Morgan fingerprint density at radius 2 is 1.75 bits per heavy atom. The van der Waals surface area contributed by atoms with E-state index in [4.69, 9.17) is 9.47 Å². The van der Waals surface area contributed by atoms with Crippen LogP contribution in [0.3, 0.4) is 0 Å². The van der Waals surface area contributed by atoms with Gasteiger partial charge in [0.15, 0.2) is 6.61 Å². The highest BCUT2D eigenvalue weighted by Crippen LogP contribution is 2.23. The fourth-order valence-electron chi connectivity index (χ4n) is 2.13. The second-order valence-corrected chi connectivity index (χ2v) is 5.91. The fourth-order valence-corrected chi connectivity index (χ4v) is 2.53. The van der Waals surface area contributed by atoms with Crippen LogP contribution in [-0.2, 0) is 20.7 Å². The summed E-state index contributed by atoms with van der Waals surface area (Å²) in [6.07, 6.45) is 0.355. The van der Waals surface area contributed by atoms with Crippen LogP contribution in [0, 0.1) is 0 Å². The van der Waals surface area contributed by atoms with Crippen molar-refractivity contribution in [3.8, 4) is 5.75 Å². The van der Waals surface area contributed by atoms with Gasteiger partial charge in [-0.05, 0) is 33.6 Å². The van der Waals surface area contributed by atoms with E-state index in [1.54, 1.807) is 6.07 Å². The molecule has 24 heavy (non-hydrogen) atoms. The molecular formula is C18H18BrNO4. The van der Waals surface area contributed by atoms with Crippen molar-refractivity contribution in [2.75, 3.05) is 13.7 Å². The van der Waals surface area contributed by atoms with E-state index in [1.165, 1.54) is 7.11 Å². The molecular weight excluding hydrogens is 374 g/mol. The summed E-state index contributed by atoms with van der Waals surface area (Å²) in [7, 11) is 1.30. The minimum atomic E-state index is -0.757. The van der Waals surface area contributed by atoms with Gasteiger partial charge in [-0.25, -0.2) is 4.79 Å². The molecule has 0 fully saturated rings. The van der Waals surface area contributed by atoms with Crippen molar-refractivity contribution < 1.29 is 19.1 Å². The Bertz CT molecular complexity index is 690. The van der Waals surface area contributed by atoms with Gasteiger partial charge < -0.3 is 14.8 Å². The molecule has 2 aromatic carbocycles. The van der Waals surface area contributed by atoms with Crippen molar-refractivity contribution in [2.45, 2.75) is 12.5 Å². The van der Waals surface area contributed by atoms with Crippen molar-refractivity contribution in [2.24, 2.45) is 0 Å². The zero-order chi connectivity index (χ0) is 17.4. The number of nitrogens with one attached hydrogen (secondary N) is 1. The zero-order valence-corrected chi connectivity index (χ0v) is 14.8. The van der Waals surface area contributed by atoms with Gasteiger partial charge >= 0.3 is 5.97 Å². The lowest BCUT2D eigenvalue weighted by Crippen LogP contribution is -2.44. The Morgan fingerprint density at radius 3 is 2.42 bits per heavy atom. The van der Waals surface area contributed by atoms with Crippen LogP contribution in [-0.4, -0.2) is 31.6 Å². The predicted molar refractivity (Wildman–Crippen MR) is 93.7 cm³/mol. The lowest BCUT2D eigenvalue weighted by Gasteiger charge is -2.17. The van der Waals surface area contributed by atoms with Gasteiger partial charge in [0.05, 0.1) is 11.6 Å². The van der Waals surface area contributed by atoms with Crippen LogP contribution in [0.2, 0.25) is 0 Å². The van der Waals surface area contributed by atoms with Crippen molar-refractivity contribution in [1.29, 1.82) is 0 Å². The third kappa shape index (κ3) is 5.38. The Hall–Kier alpha value is -2.34. The SMILES string of the molecule is COC(=O)[C@H](Cc1ccccc1)NC(=O)COc1ccccc1Br. The first kappa shape index (κ1) is 18.0. The molecule has 126 valence electrons. The second kappa shape index (κ2) is 9.08. The lowest BCUT2D eigenvalue weighted by atomic mass is 10.1. The van der Waals surface area contributed by atoms with E-state index < -0.39 is 17.9 Å². The smallest absolute Gasteiger partial charge is 0.328 e. The standard InChI is InChI=1S/C18H18BrNO4/c1-23-18(22)15(11-13-7-3-2-4-8-13)20-17(21)12-24-16-10-6-5-9-14(16)19/h2-10,15H,11-12H2,1H3,(H,20,21)/t15-/m0/s1. The molecule has 0 aliphatic rings. The number of halogens is 1. The van der Waals surface area contributed by atoms with Crippen molar-refractivity contribution in [1.82, 2.24) is 5.32 Å². The van der Waals surface area contributed by atoms with Gasteiger partial charge in [0, 0.05) is 6.42 Å². The summed E-state index contributed by atoms with van der Waals surface area (Å²) in [6, 6.07) is 15.9. The van der Waals surface area contributed by atoms with Gasteiger partial charge in [0.25, 0.3) is 5.91 Å². The van der Waals surface area contributed by atoms with Crippen LogP contribution in [0.5, 0.6) is 5.75 Å². The Balaban J connectivity index is 1.94. The topological polar surface area (TPSA) is 64.6 Å². The van der Waals surface area contributed by atoms with Gasteiger partial charge in [-0.1, -0.05) is 42.5 Å². The summed E-state index contributed by atoms with van der Waals surface area (Å²) in [4.78, 5) is 24.0. The summed E-state index contributed by atoms with van der Waals surface area (Å²) >= 11 is 3.35. The molecule has 1 amide bonds. The number of hydrogen-bond acceptors (Lipinski definition) is 4. The highest BCUT2D eigenvalue weighted by atomic mass is 79.9. The summed E-state index contributed by atoms with van der Waals surface area (Å²) in [5.74, 6) is -0.324. The number of carbonyl (C=O) groups excluding carboxylic acids is 2. The number of hydrogen-bond donors (Lipinski definition) is 1.